The van der Waals surface area contributed by atoms with Crippen molar-refractivity contribution in [3.8, 4) is 23.0 Å². The molecule has 1 aliphatic rings. The SMILES string of the molecule is O=C(/C=C/c1ccc(O)c(O)c1)CO[C@@H]1C[C@](O)(C(=O)O)C[C@@H](OC(=O)/C=C/c2ccc(O)c(O)c2)[C@H]1O. The van der Waals surface area contributed by atoms with E-state index in [1.807, 2.05) is 0 Å². The highest BCUT2D eigenvalue weighted by Crippen LogP contribution is 2.33. The minimum Gasteiger partial charge on any atom is -0.504 e. The fourth-order valence-corrected chi connectivity index (χ4v) is 3.74. The molecule has 0 saturated heterocycles. The van der Waals surface area contributed by atoms with Crippen LogP contribution in [0, 0.1) is 0 Å². The van der Waals surface area contributed by atoms with Gasteiger partial charge in [0, 0.05) is 18.9 Å². The second kappa shape index (κ2) is 11.8. The van der Waals surface area contributed by atoms with E-state index < -0.39 is 66.8 Å². The van der Waals surface area contributed by atoms with E-state index in [0.717, 1.165) is 12.2 Å². The van der Waals surface area contributed by atoms with Crippen molar-refractivity contribution in [3.63, 3.8) is 0 Å². The number of aromatic hydroxyl groups is 4. The molecule has 0 aliphatic heterocycles. The molecule has 1 saturated carbocycles. The summed E-state index contributed by atoms with van der Waals surface area (Å²) in [7, 11) is 0. The molecule has 4 atom stereocenters. The van der Waals surface area contributed by atoms with Crippen LogP contribution in [0.25, 0.3) is 12.2 Å². The lowest BCUT2D eigenvalue weighted by atomic mass is 9.79. The molecule has 0 radical (unpaired) electrons. The number of ketones is 1. The first-order valence-corrected chi connectivity index (χ1v) is 11.3. The van der Waals surface area contributed by atoms with E-state index in [9.17, 15) is 50.1 Å². The number of carboxylic acids is 1. The van der Waals surface area contributed by atoms with Crippen LogP contribution in [0.3, 0.4) is 0 Å². The molecule has 1 aliphatic carbocycles. The monoisotopic (exact) mass is 530 g/mol. The summed E-state index contributed by atoms with van der Waals surface area (Å²) in [6, 6.07) is 7.66. The largest absolute Gasteiger partial charge is 0.504 e. The second-order valence-corrected chi connectivity index (χ2v) is 8.69. The van der Waals surface area contributed by atoms with Crippen molar-refractivity contribution < 1.29 is 59.6 Å². The second-order valence-electron chi connectivity index (χ2n) is 8.69. The van der Waals surface area contributed by atoms with Crippen LogP contribution in [-0.4, -0.2) is 84.0 Å². The smallest absolute Gasteiger partial charge is 0.335 e. The summed E-state index contributed by atoms with van der Waals surface area (Å²) in [6.45, 7) is -0.608. The number of phenolic OH excluding ortho intramolecular Hbond substituents is 4. The van der Waals surface area contributed by atoms with E-state index in [1.165, 1.54) is 48.6 Å². The van der Waals surface area contributed by atoms with Crippen LogP contribution in [0.2, 0.25) is 0 Å². The highest BCUT2D eigenvalue weighted by atomic mass is 16.6. The van der Waals surface area contributed by atoms with Gasteiger partial charge in [0.15, 0.2) is 34.4 Å². The van der Waals surface area contributed by atoms with Crippen molar-refractivity contribution in [2.75, 3.05) is 6.61 Å². The van der Waals surface area contributed by atoms with Gasteiger partial charge in [0.2, 0.25) is 0 Å². The molecule has 38 heavy (non-hydrogen) atoms. The number of carbonyl (C=O) groups excluding carboxylic acids is 2. The summed E-state index contributed by atoms with van der Waals surface area (Å²) in [5.41, 5.74) is -1.68. The zero-order chi connectivity index (χ0) is 28.0. The highest BCUT2D eigenvalue weighted by molar-refractivity contribution is 5.94. The number of rotatable bonds is 9. The van der Waals surface area contributed by atoms with Gasteiger partial charge < -0.3 is 45.2 Å². The van der Waals surface area contributed by atoms with E-state index in [1.54, 1.807) is 0 Å². The molecule has 0 amide bonds. The van der Waals surface area contributed by atoms with Gasteiger partial charge in [-0.3, -0.25) is 4.79 Å². The van der Waals surface area contributed by atoms with Crippen LogP contribution in [-0.2, 0) is 23.9 Å². The lowest BCUT2D eigenvalue weighted by Gasteiger charge is -2.40. The summed E-state index contributed by atoms with van der Waals surface area (Å²) in [5.74, 6) is -4.71. The van der Waals surface area contributed by atoms with Gasteiger partial charge in [-0.15, -0.1) is 0 Å². The van der Waals surface area contributed by atoms with Crippen LogP contribution in [0.1, 0.15) is 24.0 Å². The summed E-state index contributed by atoms with van der Waals surface area (Å²) in [6.07, 6.45) is -1.04. The molecule has 12 heteroatoms. The van der Waals surface area contributed by atoms with E-state index in [0.29, 0.717) is 11.1 Å². The van der Waals surface area contributed by atoms with Crippen molar-refractivity contribution >= 4 is 29.9 Å². The van der Waals surface area contributed by atoms with Crippen molar-refractivity contribution in [1.82, 2.24) is 0 Å². The fourth-order valence-electron chi connectivity index (χ4n) is 3.74. The molecule has 12 nitrogen and oxygen atoms in total. The third-order valence-corrected chi connectivity index (χ3v) is 5.82. The number of hydrogen-bond donors (Lipinski definition) is 7. The Morgan fingerprint density at radius 2 is 1.37 bits per heavy atom. The quantitative estimate of drug-likeness (QED) is 0.138. The Morgan fingerprint density at radius 1 is 0.842 bits per heavy atom. The maximum atomic E-state index is 12.3. The summed E-state index contributed by atoms with van der Waals surface area (Å²) in [5, 5.41) is 68.4. The normalized spacial score (nSPS) is 23.5. The van der Waals surface area contributed by atoms with Crippen molar-refractivity contribution in [2.24, 2.45) is 0 Å². The van der Waals surface area contributed by atoms with Crippen molar-refractivity contribution in [3.05, 3.63) is 59.7 Å². The molecule has 202 valence electrons. The number of esters is 1. The summed E-state index contributed by atoms with van der Waals surface area (Å²) in [4.78, 5) is 36.2. The molecular formula is C26H26O12. The fraction of sp³-hybridized carbons (Fsp3) is 0.269. The molecule has 0 heterocycles. The lowest BCUT2D eigenvalue weighted by molar-refractivity contribution is -0.202. The molecule has 2 aromatic carbocycles. The van der Waals surface area contributed by atoms with Crippen molar-refractivity contribution in [2.45, 2.75) is 36.8 Å². The van der Waals surface area contributed by atoms with E-state index >= 15 is 0 Å². The third-order valence-electron chi connectivity index (χ3n) is 5.82. The summed E-state index contributed by atoms with van der Waals surface area (Å²) < 4.78 is 10.5. The Hall–Kier alpha value is -4.39. The number of benzene rings is 2. The average molecular weight is 530 g/mol. The predicted octanol–water partition coefficient (Wildman–Crippen LogP) is 1.07. The maximum Gasteiger partial charge on any atom is 0.335 e. The number of aliphatic hydroxyl groups is 2. The lowest BCUT2D eigenvalue weighted by Crippen LogP contribution is -2.58. The number of ether oxygens (including phenoxy) is 2. The third kappa shape index (κ3) is 7.09. The van der Waals surface area contributed by atoms with Gasteiger partial charge in [0.25, 0.3) is 0 Å². The molecule has 1 fully saturated rings. The highest BCUT2D eigenvalue weighted by Gasteiger charge is 2.51. The molecule has 0 unspecified atom stereocenters. The molecule has 3 rings (SSSR count). The molecule has 2 aromatic rings. The number of aliphatic hydroxyl groups excluding tert-OH is 1. The molecule has 0 aromatic heterocycles. The van der Waals surface area contributed by atoms with Crippen LogP contribution in [0.15, 0.2) is 48.6 Å². The predicted molar refractivity (Wildman–Crippen MR) is 130 cm³/mol. The first kappa shape index (κ1) is 28.2. The van der Waals surface area contributed by atoms with Crippen molar-refractivity contribution in [1.29, 1.82) is 0 Å². The molecule has 7 N–H and O–H groups in total. The average Bonchev–Trinajstić information content (AvgIpc) is 2.86. The number of aliphatic carboxylic acids is 1. The zero-order valence-corrected chi connectivity index (χ0v) is 19.8. The first-order valence-electron chi connectivity index (χ1n) is 11.3. The zero-order valence-electron chi connectivity index (χ0n) is 19.8. The Kier molecular flexibility index (Phi) is 8.73. The van der Waals surface area contributed by atoms with Crippen LogP contribution >= 0.6 is 0 Å². The van der Waals surface area contributed by atoms with E-state index in [4.69, 9.17) is 9.47 Å². The summed E-state index contributed by atoms with van der Waals surface area (Å²) >= 11 is 0. The van der Waals surface area contributed by atoms with E-state index in [2.05, 4.69) is 0 Å². The Labute approximate surface area is 215 Å². The Morgan fingerprint density at radius 3 is 1.89 bits per heavy atom. The number of carboxylic acid groups (broad SMARTS) is 1. The minimum atomic E-state index is -2.41. The van der Waals surface area contributed by atoms with Gasteiger partial charge in [-0.1, -0.05) is 18.2 Å². The number of phenols is 4. The molecular weight excluding hydrogens is 504 g/mol. The van der Waals surface area contributed by atoms with Gasteiger partial charge in [-0.25, -0.2) is 9.59 Å². The molecule has 0 spiro atoms. The minimum absolute atomic E-state index is 0.332. The van der Waals surface area contributed by atoms with Gasteiger partial charge in [-0.05, 0) is 47.5 Å². The van der Waals surface area contributed by atoms with E-state index in [-0.39, 0.29) is 17.2 Å². The number of hydrogen-bond acceptors (Lipinski definition) is 11. The van der Waals surface area contributed by atoms with Gasteiger partial charge in [0.1, 0.15) is 18.8 Å². The number of carbonyl (C=O) groups is 3. The first-order chi connectivity index (χ1) is 17.9. The van der Waals surface area contributed by atoms with Crippen LogP contribution < -0.4 is 0 Å². The maximum absolute atomic E-state index is 12.3. The van der Waals surface area contributed by atoms with Crippen LogP contribution in [0.4, 0.5) is 0 Å². The van der Waals surface area contributed by atoms with Crippen LogP contribution in [0.5, 0.6) is 23.0 Å². The standard InChI is InChI=1S/C26H26O12/c27-16(5-1-14-2-6-17(28)19(30)9-14)13-37-21-11-26(36,25(34)35)12-22(24(21)33)38-23(32)8-4-15-3-7-18(29)20(31)10-15/h1-10,21-22,24,28-31,33,36H,11-13H2,(H,34,35)/b5-1+,8-4+/t21-,22-,24+,26-/m1/s1. The van der Waals surface area contributed by atoms with Gasteiger partial charge in [-0.2, -0.15) is 0 Å². The molecule has 0 bridgehead atoms. The van der Waals surface area contributed by atoms with Gasteiger partial charge in [0.05, 0.1) is 6.10 Å². The Balaban J connectivity index is 1.65. The Bertz CT molecular complexity index is 1270. The topological polar surface area (TPSA) is 211 Å². The van der Waals surface area contributed by atoms with Gasteiger partial charge >= 0.3 is 11.9 Å².